The third-order valence-electron chi connectivity index (χ3n) is 7.84. The Bertz CT molecular complexity index is 1810. The minimum Gasteiger partial charge on any atom is -0.393 e. The number of aliphatic hydroxyl groups excluding tert-OH is 3. The fourth-order valence-corrected chi connectivity index (χ4v) is 8.30. The van der Waals surface area contributed by atoms with E-state index in [-0.39, 0.29) is 47.4 Å². The maximum atomic E-state index is 12.7. The third kappa shape index (κ3) is 13.8. The fourth-order valence-electron chi connectivity index (χ4n) is 4.61. The molecule has 29 heteroatoms. The minimum atomic E-state index is -5.58. The number of nitrogens with zero attached hydrogens (tertiary/aromatic N) is 4. The monoisotopic (exact) mass is 867 g/mol. The van der Waals surface area contributed by atoms with Gasteiger partial charge in [-0.15, -0.1) is 0 Å². The summed E-state index contributed by atoms with van der Waals surface area (Å²) in [5.74, 6) is -1.84. The van der Waals surface area contributed by atoms with Gasteiger partial charge >= 0.3 is 23.5 Å². The molecule has 2 amide bonds. The van der Waals surface area contributed by atoms with Crippen molar-refractivity contribution in [2.45, 2.75) is 70.9 Å². The molecule has 2 aromatic rings. The van der Waals surface area contributed by atoms with Crippen molar-refractivity contribution < 1.29 is 85.6 Å². The summed E-state index contributed by atoms with van der Waals surface area (Å²) in [6.07, 6.45) is -7.81. The first-order chi connectivity index (χ1) is 25.3. The van der Waals surface area contributed by atoms with Crippen LogP contribution in [-0.4, -0.2) is 134 Å². The molecule has 0 saturated carbocycles. The molecule has 1 aliphatic rings. The zero-order valence-corrected chi connectivity index (χ0v) is 33.2. The highest BCUT2D eigenvalue weighted by Crippen LogP contribution is 2.61. The summed E-state index contributed by atoms with van der Waals surface area (Å²) in [5, 5.41) is 35.5. The van der Waals surface area contributed by atoms with E-state index >= 15 is 0 Å². The highest BCUT2D eigenvalue weighted by atomic mass is 32.2. The lowest BCUT2D eigenvalue weighted by Crippen LogP contribution is -2.46. The molecule has 11 N–H and O–H groups in total. The Hall–Kier alpha value is -2.48. The van der Waals surface area contributed by atoms with Crippen molar-refractivity contribution in [2.24, 2.45) is 11.3 Å². The second kappa shape index (κ2) is 19.3. The van der Waals surface area contributed by atoms with Gasteiger partial charge in [-0.05, 0) is 6.92 Å². The Morgan fingerprint density at radius 2 is 1.69 bits per heavy atom. The summed E-state index contributed by atoms with van der Waals surface area (Å²) in [7, 11) is -16.4. The van der Waals surface area contributed by atoms with E-state index in [0.717, 1.165) is 29.0 Å². The number of carbonyl (C=O) groups is 3. The summed E-state index contributed by atoms with van der Waals surface area (Å²) < 4.78 is 62.0. The maximum Gasteiger partial charge on any atom is 0.481 e. The van der Waals surface area contributed by atoms with E-state index in [1.54, 1.807) is 6.92 Å². The van der Waals surface area contributed by atoms with Crippen LogP contribution < -0.4 is 16.4 Å². The minimum absolute atomic E-state index is 0.0256. The fraction of sp³-hybridized carbons (Fsp3) is 0.692. The number of anilines is 1. The van der Waals surface area contributed by atoms with Crippen molar-refractivity contribution in [1.29, 1.82) is 0 Å². The van der Waals surface area contributed by atoms with E-state index in [2.05, 4.69) is 34.4 Å². The number of phosphoric ester groups is 3. The van der Waals surface area contributed by atoms with Crippen molar-refractivity contribution in [1.82, 2.24) is 30.2 Å². The largest absolute Gasteiger partial charge is 0.481 e. The van der Waals surface area contributed by atoms with Gasteiger partial charge in [-0.3, -0.25) is 32.5 Å². The first kappa shape index (κ1) is 46.9. The highest BCUT2D eigenvalue weighted by Gasteiger charge is 2.50. The zero-order valence-electron chi connectivity index (χ0n) is 29.7. The predicted molar refractivity (Wildman–Crippen MR) is 188 cm³/mol. The summed E-state index contributed by atoms with van der Waals surface area (Å²) in [6.45, 7) is 3.42. The molecule has 3 rings (SSSR count). The number of aliphatic hydroxyl groups is 3. The SMILES string of the molecule is C[C@H](O)[C@H](C)C(=O)SCCNC(=O)CCNC(=O)[C@H](O)C(C)(C)COP(=O)(O)OP(=O)(O)OC[C@H]1O[C@@H](n2cnc3c(N)ncnc32)[C@H](O)[C@@H]1OP(=O)(O)O. The zero-order chi connectivity index (χ0) is 41.5. The van der Waals surface area contributed by atoms with Crippen LogP contribution in [0.15, 0.2) is 12.7 Å². The number of ether oxygens (including phenoxy) is 1. The average molecular weight is 868 g/mol. The molecule has 0 aromatic carbocycles. The smallest absolute Gasteiger partial charge is 0.393 e. The van der Waals surface area contributed by atoms with Gasteiger partial charge < -0.3 is 56.0 Å². The molecule has 55 heavy (non-hydrogen) atoms. The topological polar surface area (TPSA) is 384 Å². The Kier molecular flexibility index (Phi) is 16.5. The van der Waals surface area contributed by atoms with Gasteiger partial charge in [-0.1, -0.05) is 32.5 Å². The summed E-state index contributed by atoms with van der Waals surface area (Å²) >= 11 is 0.947. The van der Waals surface area contributed by atoms with Gasteiger partial charge in [0.15, 0.2) is 22.8 Å². The normalized spacial score (nSPS) is 23.0. The molecule has 0 radical (unpaired) electrons. The second-order valence-corrected chi connectivity index (χ2v) is 18.1. The van der Waals surface area contributed by atoms with Crippen molar-refractivity contribution in [3.05, 3.63) is 12.7 Å². The van der Waals surface area contributed by atoms with E-state index in [9.17, 15) is 63.0 Å². The van der Waals surface area contributed by atoms with Gasteiger partial charge in [0.2, 0.25) is 11.8 Å². The quantitative estimate of drug-likeness (QED) is 0.0514. The van der Waals surface area contributed by atoms with E-state index in [4.69, 9.17) is 19.5 Å². The van der Waals surface area contributed by atoms with Crippen molar-refractivity contribution >= 4 is 69.1 Å². The number of aromatic nitrogens is 4. The van der Waals surface area contributed by atoms with E-state index in [1.807, 2.05) is 0 Å². The number of nitrogens with two attached hydrogens (primary N) is 1. The number of nitrogens with one attached hydrogen (secondary N) is 2. The van der Waals surface area contributed by atoms with Gasteiger partial charge in [0.1, 0.15) is 36.3 Å². The highest BCUT2D eigenvalue weighted by molar-refractivity contribution is 8.13. The Balaban J connectivity index is 1.50. The molecule has 2 aromatic heterocycles. The summed E-state index contributed by atoms with van der Waals surface area (Å²) in [4.78, 5) is 87.3. The number of hydrogen-bond donors (Lipinski definition) is 10. The second-order valence-electron chi connectivity index (χ2n) is 12.8. The number of hydrogen-bond acceptors (Lipinski definition) is 19. The molecule has 1 saturated heterocycles. The number of phosphoric acid groups is 3. The number of nitrogen functional groups attached to an aromatic ring is 1. The molecule has 25 nitrogen and oxygen atoms in total. The van der Waals surface area contributed by atoms with Gasteiger partial charge in [0, 0.05) is 30.7 Å². The van der Waals surface area contributed by atoms with Crippen LogP contribution in [0.1, 0.15) is 40.3 Å². The molecule has 1 fully saturated rings. The first-order valence-corrected chi connectivity index (χ1v) is 21.6. The lowest BCUT2D eigenvalue weighted by atomic mass is 9.87. The van der Waals surface area contributed by atoms with Gasteiger partial charge in [0.05, 0.1) is 31.6 Å². The van der Waals surface area contributed by atoms with E-state index < -0.39 is 96.6 Å². The standard InChI is InChI=1S/C26H44N7O18P3S/c1-13(14(2)34)25(39)55-8-7-28-16(35)5-6-29-23(38)20(37)26(3,4)10-48-54(45,46)51-53(43,44)47-9-15-19(50-52(40,41)42)18(36)24(49-15)33-12-32-17-21(27)30-11-31-22(17)33/h11-15,18-20,24,34,36-37H,5-10H2,1-4H3,(H,28,35)(H,29,38)(H,43,44)(H,45,46)(H2,27,30,31)(H2,40,41,42)/t13-,14-,15+,18+,19+,20-,24+/m0/s1. The van der Waals surface area contributed by atoms with Crippen LogP contribution in [0, 0.1) is 11.3 Å². The number of carbonyl (C=O) groups excluding carboxylic acids is 3. The third-order valence-corrected chi connectivity index (χ3v) is 12.0. The first-order valence-electron chi connectivity index (χ1n) is 16.1. The molecule has 1 aliphatic heterocycles. The molecule has 0 aliphatic carbocycles. The maximum absolute atomic E-state index is 12.7. The molecule has 0 bridgehead atoms. The van der Waals surface area contributed by atoms with E-state index in [0.29, 0.717) is 0 Å². The van der Waals surface area contributed by atoms with Crippen LogP contribution in [0.4, 0.5) is 5.82 Å². The van der Waals surface area contributed by atoms with Crippen molar-refractivity contribution in [3.63, 3.8) is 0 Å². The number of imidazole rings is 1. The Labute approximate surface area is 317 Å². The predicted octanol–water partition coefficient (Wildman–Crippen LogP) is -1.32. The molecule has 0 spiro atoms. The lowest BCUT2D eigenvalue weighted by molar-refractivity contribution is -0.137. The van der Waals surface area contributed by atoms with Gasteiger partial charge in [0.25, 0.3) is 0 Å². The molecule has 9 atom stereocenters. The Morgan fingerprint density at radius 1 is 1.04 bits per heavy atom. The Morgan fingerprint density at radius 3 is 2.33 bits per heavy atom. The van der Waals surface area contributed by atoms with Crippen LogP contribution in [0.25, 0.3) is 11.2 Å². The van der Waals surface area contributed by atoms with Crippen LogP contribution in [0.5, 0.6) is 0 Å². The number of amides is 2. The molecule has 312 valence electrons. The van der Waals surface area contributed by atoms with Crippen molar-refractivity contribution in [2.75, 3.05) is 37.8 Å². The number of rotatable bonds is 21. The van der Waals surface area contributed by atoms with Crippen molar-refractivity contribution in [3.8, 4) is 0 Å². The number of fused-ring (bicyclic) bond motifs is 1. The average Bonchev–Trinajstić information content (AvgIpc) is 3.64. The summed E-state index contributed by atoms with van der Waals surface area (Å²) in [5.41, 5.74) is 4.23. The van der Waals surface area contributed by atoms with Crippen LogP contribution >= 0.6 is 35.2 Å². The molecular formula is C26H44N7O18P3S. The number of thioether (sulfide) groups is 1. The van der Waals surface area contributed by atoms with Gasteiger partial charge in [-0.25, -0.2) is 28.6 Å². The van der Waals surface area contributed by atoms with Crippen LogP contribution in [-0.2, 0) is 50.7 Å². The van der Waals surface area contributed by atoms with E-state index in [1.165, 1.54) is 20.8 Å². The van der Waals surface area contributed by atoms with Crippen LogP contribution in [0.2, 0.25) is 0 Å². The van der Waals surface area contributed by atoms with Crippen LogP contribution in [0.3, 0.4) is 0 Å². The molecule has 3 heterocycles. The summed E-state index contributed by atoms with van der Waals surface area (Å²) in [6, 6.07) is 0. The molecule has 2 unspecified atom stereocenters. The lowest BCUT2D eigenvalue weighted by Gasteiger charge is -2.30. The van der Waals surface area contributed by atoms with Gasteiger partial charge in [-0.2, -0.15) is 4.31 Å². The molecular weight excluding hydrogens is 823 g/mol.